The molecule has 0 radical (unpaired) electrons. The zero-order valence-electron chi connectivity index (χ0n) is 22.1. The highest BCUT2D eigenvalue weighted by molar-refractivity contribution is 9.08. The molecule has 0 saturated carbocycles. The van der Waals surface area contributed by atoms with Crippen molar-refractivity contribution in [1.82, 2.24) is 0 Å². The molecule has 0 heterocycles. The van der Waals surface area contributed by atoms with Gasteiger partial charge in [0.1, 0.15) is 0 Å². The molecule has 0 aromatic heterocycles. The van der Waals surface area contributed by atoms with Gasteiger partial charge in [0.2, 0.25) is 0 Å². The number of ether oxygens (including phenoxy) is 2. The summed E-state index contributed by atoms with van der Waals surface area (Å²) in [5.74, 6) is -0.533. The molecule has 0 aliphatic carbocycles. The van der Waals surface area contributed by atoms with E-state index in [1.54, 1.807) is 0 Å². The number of carbonyl (C=O) groups excluding carboxylic acids is 2. The first-order valence-corrected chi connectivity index (χ1v) is 13.4. The zero-order valence-corrected chi connectivity index (χ0v) is 25.3. The van der Waals surface area contributed by atoms with Crippen molar-refractivity contribution in [3.8, 4) is 0 Å². The van der Waals surface area contributed by atoms with Gasteiger partial charge in [-0.3, -0.25) is 0 Å². The summed E-state index contributed by atoms with van der Waals surface area (Å²) >= 11 is 6.89. The summed E-state index contributed by atoms with van der Waals surface area (Å²) < 4.78 is 9.65. The van der Waals surface area contributed by atoms with Gasteiger partial charge in [-0.1, -0.05) is 97.7 Å². The molecule has 188 valence electrons. The average Bonchev–Trinajstić information content (AvgIpc) is 2.75. The van der Waals surface area contributed by atoms with Gasteiger partial charge in [0.25, 0.3) is 0 Å². The number of hydrogen-bond donors (Lipinski definition) is 0. The predicted molar refractivity (Wildman–Crippen MR) is 148 cm³/mol. The van der Waals surface area contributed by atoms with Crippen LogP contribution in [-0.4, -0.2) is 26.2 Å². The molecule has 0 bridgehead atoms. The number of hydrogen-bond acceptors (Lipinski definition) is 4. The highest BCUT2D eigenvalue weighted by atomic mass is 79.9. The van der Waals surface area contributed by atoms with E-state index in [0.29, 0.717) is 21.8 Å². The topological polar surface area (TPSA) is 52.6 Å². The normalized spacial score (nSPS) is 11.4. The number of aryl methyl sites for hydroxylation is 2. The van der Waals surface area contributed by atoms with Crippen molar-refractivity contribution in [1.29, 1.82) is 0 Å². The number of rotatable bonds is 4. The Morgan fingerprint density at radius 3 is 1.29 bits per heavy atom. The molecule has 4 nitrogen and oxygen atoms in total. The Labute approximate surface area is 222 Å². The minimum atomic E-state index is -0.278. The van der Waals surface area contributed by atoms with Crippen LogP contribution in [0.15, 0.2) is 24.3 Å². The maximum atomic E-state index is 11.9. The first kappa shape index (κ1) is 30.4. The van der Waals surface area contributed by atoms with Crippen molar-refractivity contribution >= 4 is 43.8 Å². The second-order valence-corrected chi connectivity index (χ2v) is 11.5. The van der Waals surface area contributed by atoms with Crippen LogP contribution < -0.4 is 0 Å². The van der Waals surface area contributed by atoms with E-state index in [4.69, 9.17) is 9.47 Å². The molecule has 0 saturated heterocycles. The third-order valence-corrected chi connectivity index (χ3v) is 6.84. The van der Waals surface area contributed by atoms with Crippen LogP contribution in [0.25, 0.3) is 0 Å². The summed E-state index contributed by atoms with van der Waals surface area (Å²) in [5, 5.41) is 1.28. The maximum Gasteiger partial charge on any atom is 0.338 e. The Morgan fingerprint density at radius 2 is 1.00 bits per heavy atom. The van der Waals surface area contributed by atoms with Gasteiger partial charge < -0.3 is 9.47 Å². The van der Waals surface area contributed by atoms with Crippen LogP contribution in [0.3, 0.4) is 0 Å². The van der Waals surface area contributed by atoms with E-state index in [1.165, 1.54) is 25.3 Å². The number of alkyl halides is 2. The SMILES string of the molecule is COC(=O)c1c(C)cc(C(C)(C)C)cc1C.COC(=O)c1c(CBr)cc(C(C)(C)C)cc1CBr. The van der Waals surface area contributed by atoms with Gasteiger partial charge in [-0.25, -0.2) is 9.59 Å². The lowest BCUT2D eigenvalue weighted by atomic mass is 9.84. The number of methoxy groups -OCH3 is 2. The van der Waals surface area contributed by atoms with Crippen molar-refractivity contribution in [2.75, 3.05) is 14.2 Å². The molecule has 6 heteroatoms. The minimum absolute atomic E-state index is 0.0580. The van der Waals surface area contributed by atoms with Crippen LogP contribution in [0.4, 0.5) is 0 Å². The van der Waals surface area contributed by atoms with Crippen molar-refractivity contribution in [2.45, 2.75) is 76.9 Å². The fourth-order valence-electron chi connectivity index (χ4n) is 3.60. The number of esters is 2. The molecule has 0 fully saturated rings. The maximum absolute atomic E-state index is 11.9. The van der Waals surface area contributed by atoms with E-state index < -0.39 is 0 Å². The molecule has 0 unspecified atom stereocenters. The number of carbonyl (C=O) groups is 2. The second-order valence-electron chi connectivity index (χ2n) is 10.4. The van der Waals surface area contributed by atoms with Crippen molar-refractivity contribution in [3.63, 3.8) is 0 Å². The highest BCUT2D eigenvalue weighted by Gasteiger charge is 2.22. The van der Waals surface area contributed by atoms with Gasteiger partial charge in [0.15, 0.2) is 0 Å². The van der Waals surface area contributed by atoms with Gasteiger partial charge >= 0.3 is 11.9 Å². The number of benzene rings is 2. The average molecular weight is 598 g/mol. The standard InChI is InChI=1S/C14H18Br2O2.C14H20O2/c1-14(2,3)11-5-9(7-15)12(13(17)18-4)10(6-11)8-16;1-9-7-11(14(3,4)5)8-10(2)12(9)13(15)16-6/h5-6H,7-8H2,1-4H3;7-8H,1-6H3. The lowest BCUT2D eigenvalue weighted by Gasteiger charge is -2.22. The summed E-state index contributed by atoms with van der Waals surface area (Å²) in [4.78, 5) is 23.5. The molecular formula is C28H38Br2O4. The van der Waals surface area contributed by atoms with E-state index in [-0.39, 0.29) is 22.8 Å². The van der Waals surface area contributed by atoms with Crippen LogP contribution in [0.5, 0.6) is 0 Å². The lowest BCUT2D eigenvalue weighted by molar-refractivity contribution is 0.0590. The van der Waals surface area contributed by atoms with E-state index in [1.807, 2.05) is 13.8 Å². The fourth-order valence-corrected chi connectivity index (χ4v) is 4.48. The molecule has 0 spiro atoms. The Kier molecular flexibility index (Phi) is 11.0. The molecule has 0 N–H and O–H groups in total. The van der Waals surface area contributed by atoms with Gasteiger partial charge in [-0.2, -0.15) is 0 Å². The van der Waals surface area contributed by atoms with Gasteiger partial charge in [-0.15, -0.1) is 0 Å². The van der Waals surface area contributed by atoms with Crippen molar-refractivity contribution < 1.29 is 19.1 Å². The first-order valence-electron chi connectivity index (χ1n) is 11.2. The molecule has 2 aromatic rings. The third kappa shape index (κ3) is 7.67. The predicted octanol–water partition coefficient (Wildman–Crippen LogP) is 7.95. The molecule has 0 aliphatic heterocycles. The molecular weight excluding hydrogens is 560 g/mol. The van der Waals surface area contributed by atoms with Gasteiger partial charge in [0.05, 0.1) is 25.3 Å². The van der Waals surface area contributed by atoms with E-state index >= 15 is 0 Å². The lowest BCUT2D eigenvalue weighted by Crippen LogP contribution is -2.15. The Morgan fingerprint density at radius 1 is 0.676 bits per heavy atom. The quantitative estimate of drug-likeness (QED) is 0.265. The third-order valence-electron chi connectivity index (χ3n) is 5.63. The van der Waals surface area contributed by atoms with E-state index in [2.05, 4.69) is 97.7 Å². The Balaban J connectivity index is 0.000000342. The smallest absolute Gasteiger partial charge is 0.338 e. The Bertz CT molecular complexity index is 980. The highest BCUT2D eigenvalue weighted by Crippen LogP contribution is 2.30. The van der Waals surface area contributed by atoms with Crippen LogP contribution in [-0.2, 0) is 31.0 Å². The molecule has 0 atom stereocenters. The van der Waals surface area contributed by atoms with Gasteiger partial charge in [0, 0.05) is 10.7 Å². The van der Waals surface area contributed by atoms with E-state index in [0.717, 1.165) is 22.3 Å². The van der Waals surface area contributed by atoms with Crippen LogP contribution in [0.1, 0.15) is 95.6 Å². The van der Waals surface area contributed by atoms with E-state index in [9.17, 15) is 9.59 Å². The van der Waals surface area contributed by atoms with Crippen molar-refractivity contribution in [2.24, 2.45) is 0 Å². The first-order chi connectivity index (χ1) is 15.6. The molecule has 2 aromatic carbocycles. The monoisotopic (exact) mass is 596 g/mol. The number of halogens is 2. The largest absolute Gasteiger partial charge is 0.465 e. The van der Waals surface area contributed by atoms with Crippen LogP contribution in [0.2, 0.25) is 0 Å². The van der Waals surface area contributed by atoms with Crippen molar-refractivity contribution in [3.05, 3.63) is 68.8 Å². The summed E-state index contributed by atoms with van der Waals surface area (Å²) in [7, 11) is 2.83. The van der Waals surface area contributed by atoms with Crippen LogP contribution >= 0.6 is 31.9 Å². The molecule has 0 amide bonds. The fraction of sp³-hybridized carbons (Fsp3) is 0.500. The zero-order chi connectivity index (χ0) is 26.4. The van der Waals surface area contributed by atoms with Crippen LogP contribution in [0, 0.1) is 13.8 Å². The summed E-state index contributed by atoms with van der Waals surface area (Å²) in [6.07, 6.45) is 0. The summed E-state index contributed by atoms with van der Waals surface area (Å²) in [6.45, 7) is 16.9. The molecule has 34 heavy (non-hydrogen) atoms. The second kappa shape index (κ2) is 12.3. The minimum Gasteiger partial charge on any atom is -0.465 e. The Hall–Kier alpha value is -1.66. The summed E-state index contributed by atoms with van der Waals surface area (Å²) in [6, 6.07) is 8.29. The molecule has 0 aliphatic rings. The summed E-state index contributed by atoms with van der Waals surface area (Å²) in [5.41, 5.74) is 7.90. The molecule has 2 rings (SSSR count). The van der Waals surface area contributed by atoms with Gasteiger partial charge in [-0.05, 0) is 58.1 Å².